The number of aliphatic carboxylic acids is 1. The number of likely N-dealkylation sites (N-methyl/N-ethyl adjacent to an activating group) is 1. The van der Waals surface area contributed by atoms with Crippen LogP contribution in [0.5, 0.6) is 0 Å². The predicted octanol–water partition coefficient (Wildman–Crippen LogP) is 3.06. The molecule has 0 saturated carbocycles. The number of carboxylic acids is 1. The Morgan fingerprint density at radius 1 is 1.12 bits per heavy atom. The molecule has 0 fully saturated rings. The molecule has 0 aromatic heterocycles. The quantitative estimate of drug-likeness (QED) is 0.594. The van der Waals surface area contributed by atoms with Gasteiger partial charge >= 0.3 is 5.97 Å². The van der Waals surface area contributed by atoms with Crippen LogP contribution in [0.2, 0.25) is 5.02 Å². The summed E-state index contributed by atoms with van der Waals surface area (Å²) in [6, 6.07) is 11.7. The first-order valence-electron chi connectivity index (χ1n) is 7.53. The van der Waals surface area contributed by atoms with Crippen LogP contribution in [0.15, 0.2) is 42.5 Å². The molecule has 2 aromatic carbocycles. The average Bonchev–Trinajstić information content (AvgIpc) is 2.55. The molecule has 5 nitrogen and oxygen atoms in total. The van der Waals surface area contributed by atoms with Gasteiger partial charge in [0, 0.05) is 28.4 Å². The van der Waals surface area contributed by atoms with Gasteiger partial charge in [0.15, 0.2) is 5.78 Å². The van der Waals surface area contributed by atoms with Crippen molar-refractivity contribution in [3.63, 3.8) is 0 Å². The van der Waals surface area contributed by atoms with Gasteiger partial charge < -0.3 is 10.8 Å². The highest BCUT2D eigenvalue weighted by atomic mass is 35.5. The molecule has 126 valence electrons. The van der Waals surface area contributed by atoms with Gasteiger partial charge in [-0.1, -0.05) is 18.5 Å². The van der Waals surface area contributed by atoms with Crippen LogP contribution in [0, 0.1) is 0 Å². The fraction of sp³-hybridized carbons (Fsp3) is 0.222. The average molecular weight is 347 g/mol. The van der Waals surface area contributed by atoms with Crippen molar-refractivity contribution in [3.8, 4) is 0 Å². The van der Waals surface area contributed by atoms with E-state index in [0.717, 1.165) is 5.56 Å². The Balaban J connectivity index is 2.25. The first-order chi connectivity index (χ1) is 11.4. The molecule has 6 heteroatoms. The summed E-state index contributed by atoms with van der Waals surface area (Å²) in [7, 11) is 0. The molecule has 0 atom stereocenters. The number of rotatable bonds is 7. The Bertz CT molecular complexity index is 744. The van der Waals surface area contributed by atoms with E-state index >= 15 is 0 Å². The van der Waals surface area contributed by atoms with Crippen LogP contribution >= 0.6 is 11.6 Å². The third-order valence-electron chi connectivity index (χ3n) is 3.71. The summed E-state index contributed by atoms with van der Waals surface area (Å²) in [6.07, 6.45) is 0. The molecule has 0 saturated heterocycles. The van der Waals surface area contributed by atoms with E-state index in [1.165, 1.54) is 0 Å². The van der Waals surface area contributed by atoms with Crippen molar-refractivity contribution < 1.29 is 14.7 Å². The van der Waals surface area contributed by atoms with Crippen LogP contribution < -0.4 is 5.73 Å². The third kappa shape index (κ3) is 4.57. The van der Waals surface area contributed by atoms with Crippen LogP contribution in [-0.2, 0) is 11.3 Å². The number of ketones is 1. The second kappa shape index (κ2) is 7.95. The number of anilines is 1. The molecule has 0 spiro atoms. The van der Waals surface area contributed by atoms with Crippen LogP contribution in [0.4, 0.5) is 5.69 Å². The van der Waals surface area contributed by atoms with Crippen molar-refractivity contribution in [1.29, 1.82) is 0 Å². The highest BCUT2D eigenvalue weighted by molar-refractivity contribution is 6.30. The highest BCUT2D eigenvalue weighted by Gasteiger charge is 2.14. The van der Waals surface area contributed by atoms with Gasteiger partial charge in [-0.05, 0) is 54.6 Å². The van der Waals surface area contributed by atoms with Crippen molar-refractivity contribution in [2.75, 3.05) is 18.8 Å². The van der Waals surface area contributed by atoms with Crippen LogP contribution in [0.25, 0.3) is 0 Å². The smallest absolute Gasteiger partial charge is 0.317 e. The maximum absolute atomic E-state index is 12.6. The highest BCUT2D eigenvalue weighted by Crippen LogP contribution is 2.20. The maximum atomic E-state index is 12.6. The topological polar surface area (TPSA) is 83.6 Å². The van der Waals surface area contributed by atoms with E-state index in [9.17, 15) is 9.59 Å². The third-order valence-corrected chi connectivity index (χ3v) is 3.96. The first kappa shape index (κ1) is 18.0. The van der Waals surface area contributed by atoms with Crippen molar-refractivity contribution >= 4 is 29.0 Å². The van der Waals surface area contributed by atoms with E-state index in [1.54, 1.807) is 47.4 Å². The molecule has 0 amide bonds. The monoisotopic (exact) mass is 346 g/mol. The lowest BCUT2D eigenvalue weighted by molar-refractivity contribution is -0.138. The minimum absolute atomic E-state index is 0.0781. The van der Waals surface area contributed by atoms with Crippen LogP contribution in [0.1, 0.15) is 28.4 Å². The number of carbonyl (C=O) groups is 2. The molecule has 0 heterocycles. The Morgan fingerprint density at radius 2 is 1.75 bits per heavy atom. The number of nitrogens with two attached hydrogens (primary N) is 1. The zero-order valence-corrected chi connectivity index (χ0v) is 14.1. The van der Waals surface area contributed by atoms with Crippen LogP contribution in [-0.4, -0.2) is 34.8 Å². The Kier molecular flexibility index (Phi) is 5.95. The number of nitrogen functional groups attached to an aromatic ring is 1. The minimum Gasteiger partial charge on any atom is -0.480 e. The standard InChI is InChI=1S/C18H19ClN2O3/c1-2-21(11-17(22)23)10-14-9-13(5-8-16(14)20)18(24)12-3-6-15(19)7-4-12/h3-9H,2,10-11,20H2,1H3,(H,22,23). The number of nitrogens with zero attached hydrogens (tertiary/aromatic N) is 1. The first-order valence-corrected chi connectivity index (χ1v) is 7.91. The number of hydrogen-bond donors (Lipinski definition) is 2. The molecule has 2 rings (SSSR count). The number of hydrogen-bond acceptors (Lipinski definition) is 4. The zero-order chi connectivity index (χ0) is 17.7. The molecule has 0 unspecified atom stereocenters. The van der Waals surface area contributed by atoms with Crippen molar-refractivity contribution in [2.24, 2.45) is 0 Å². The molecule has 0 aliphatic carbocycles. The molecule has 2 aromatic rings. The fourth-order valence-electron chi connectivity index (χ4n) is 2.36. The maximum Gasteiger partial charge on any atom is 0.317 e. The second-order valence-electron chi connectivity index (χ2n) is 5.45. The van der Waals surface area contributed by atoms with E-state index in [1.807, 2.05) is 6.92 Å². The summed E-state index contributed by atoms with van der Waals surface area (Å²) in [6.45, 7) is 2.74. The Hall–Kier alpha value is -2.37. The molecule has 0 radical (unpaired) electrons. The zero-order valence-electron chi connectivity index (χ0n) is 13.3. The molecule has 24 heavy (non-hydrogen) atoms. The predicted molar refractivity (Wildman–Crippen MR) is 94.3 cm³/mol. The summed E-state index contributed by atoms with van der Waals surface area (Å²) in [5.41, 5.74) is 8.29. The number of halogens is 1. The summed E-state index contributed by atoms with van der Waals surface area (Å²) >= 11 is 5.84. The Morgan fingerprint density at radius 3 is 2.33 bits per heavy atom. The van der Waals surface area contributed by atoms with E-state index < -0.39 is 5.97 Å². The van der Waals surface area contributed by atoms with Crippen LogP contribution in [0.3, 0.4) is 0 Å². The van der Waals surface area contributed by atoms with Gasteiger partial charge in [-0.25, -0.2) is 0 Å². The van der Waals surface area contributed by atoms with Crippen molar-refractivity contribution in [1.82, 2.24) is 4.90 Å². The lowest BCUT2D eigenvalue weighted by atomic mass is 10.00. The van der Waals surface area contributed by atoms with Crippen molar-refractivity contribution in [2.45, 2.75) is 13.5 Å². The normalized spacial score (nSPS) is 10.8. The van der Waals surface area contributed by atoms with Crippen molar-refractivity contribution in [3.05, 3.63) is 64.2 Å². The lowest BCUT2D eigenvalue weighted by Gasteiger charge is -2.19. The minimum atomic E-state index is -0.899. The number of benzene rings is 2. The van der Waals surface area contributed by atoms with Gasteiger partial charge in [0.1, 0.15) is 0 Å². The van der Waals surface area contributed by atoms with Gasteiger partial charge in [-0.15, -0.1) is 0 Å². The Labute approximate surface area is 145 Å². The van der Waals surface area contributed by atoms with E-state index in [0.29, 0.717) is 34.9 Å². The lowest BCUT2D eigenvalue weighted by Crippen LogP contribution is -2.29. The summed E-state index contributed by atoms with van der Waals surface area (Å²) in [4.78, 5) is 25.2. The van der Waals surface area contributed by atoms with Gasteiger partial charge in [-0.2, -0.15) is 0 Å². The van der Waals surface area contributed by atoms with Gasteiger partial charge in [0.25, 0.3) is 0 Å². The number of carbonyl (C=O) groups excluding carboxylic acids is 1. The van der Waals surface area contributed by atoms with Gasteiger partial charge in [-0.3, -0.25) is 14.5 Å². The second-order valence-corrected chi connectivity index (χ2v) is 5.88. The number of carboxylic acid groups (broad SMARTS) is 1. The molecule has 0 aliphatic rings. The van der Waals surface area contributed by atoms with Gasteiger partial charge in [0.05, 0.1) is 6.54 Å². The van der Waals surface area contributed by atoms with E-state index in [-0.39, 0.29) is 12.3 Å². The molecular formula is C18H19ClN2O3. The summed E-state index contributed by atoms with van der Waals surface area (Å²) < 4.78 is 0. The SMILES string of the molecule is CCN(CC(=O)O)Cc1cc(C(=O)c2ccc(Cl)cc2)ccc1N. The summed E-state index contributed by atoms with van der Waals surface area (Å²) in [5, 5.41) is 9.50. The van der Waals surface area contributed by atoms with E-state index in [2.05, 4.69) is 0 Å². The molecule has 0 aliphatic heterocycles. The summed E-state index contributed by atoms with van der Waals surface area (Å²) in [5.74, 6) is -1.03. The molecule has 3 N–H and O–H groups in total. The molecular weight excluding hydrogens is 328 g/mol. The van der Waals surface area contributed by atoms with Gasteiger partial charge in [0.2, 0.25) is 0 Å². The largest absolute Gasteiger partial charge is 0.480 e. The van der Waals surface area contributed by atoms with E-state index in [4.69, 9.17) is 22.4 Å². The fourth-order valence-corrected chi connectivity index (χ4v) is 2.49. The molecule has 0 bridgehead atoms.